The maximum atomic E-state index is 12.5. The highest BCUT2D eigenvalue weighted by Gasteiger charge is 2.20. The molecular weight excluding hydrogens is 342 g/mol. The number of carbonyl (C=O) groups excluding carboxylic acids is 1. The van der Waals surface area contributed by atoms with Crippen molar-refractivity contribution >= 4 is 16.9 Å². The SMILES string of the molecule is O=C(C[C@@H](c1ccccc1)c1ccco1)NCc1ccc2[nH]c(=O)[nH]c2c1. The Kier molecular flexibility index (Phi) is 4.61. The fourth-order valence-electron chi connectivity index (χ4n) is 3.21. The Morgan fingerprint density at radius 2 is 1.81 bits per heavy atom. The van der Waals surface area contributed by atoms with Gasteiger partial charge in [0.25, 0.3) is 0 Å². The van der Waals surface area contributed by atoms with Gasteiger partial charge in [-0.25, -0.2) is 4.79 Å². The van der Waals surface area contributed by atoms with Gasteiger partial charge in [-0.05, 0) is 35.4 Å². The summed E-state index contributed by atoms with van der Waals surface area (Å²) in [6.07, 6.45) is 1.91. The van der Waals surface area contributed by atoms with Crippen molar-refractivity contribution < 1.29 is 9.21 Å². The lowest BCUT2D eigenvalue weighted by atomic mass is 9.93. The van der Waals surface area contributed by atoms with Crippen LogP contribution < -0.4 is 11.0 Å². The molecule has 0 aliphatic rings. The standard InChI is InChI=1S/C21H19N3O3/c25-20(22-13-14-8-9-17-18(11-14)24-21(26)23-17)12-16(19-7-4-10-27-19)15-5-2-1-3-6-15/h1-11,16H,12-13H2,(H,22,25)(H2,23,24,26)/t16-/m0/s1. The quantitative estimate of drug-likeness (QED) is 0.492. The summed E-state index contributed by atoms with van der Waals surface area (Å²) in [4.78, 5) is 29.3. The first-order chi connectivity index (χ1) is 13.2. The average molecular weight is 361 g/mol. The Hall–Kier alpha value is -3.54. The number of carbonyl (C=O) groups is 1. The van der Waals surface area contributed by atoms with Crippen molar-refractivity contribution in [2.75, 3.05) is 0 Å². The normalized spacial score (nSPS) is 12.1. The largest absolute Gasteiger partial charge is 0.469 e. The van der Waals surface area contributed by atoms with E-state index in [-0.39, 0.29) is 17.5 Å². The Morgan fingerprint density at radius 3 is 2.59 bits per heavy atom. The van der Waals surface area contributed by atoms with Gasteiger partial charge in [-0.1, -0.05) is 36.4 Å². The van der Waals surface area contributed by atoms with Gasteiger partial charge in [-0.15, -0.1) is 0 Å². The van der Waals surface area contributed by atoms with Gasteiger partial charge < -0.3 is 19.7 Å². The number of benzene rings is 2. The number of H-pyrrole nitrogens is 2. The molecule has 0 spiro atoms. The summed E-state index contributed by atoms with van der Waals surface area (Å²) in [6, 6.07) is 19.1. The maximum Gasteiger partial charge on any atom is 0.323 e. The van der Waals surface area contributed by atoms with Gasteiger partial charge in [0.1, 0.15) is 5.76 Å². The zero-order valence-electron chi connectivity index (χ0n) is 14.6. The lowest BCUT2D eigenvalue weighted by molar-refractivity contribution is -0.121. The lowest BCUT2D eigenvalue weighted by Gasteiger charge is -2.15. The molecule has 0 bridgehead atoms. The molecule has 2 heterocycles. The molecule has 6 heteroatoms. The number of hydrogen-bond donors (Lipinski definition) is 3. The molecule has 0 aliphatic carbocycles. The van der Waals surface area contributed by atoms with Crippen molar-refractivity contribution in [3.8, 4) is 0 Å². The molecule has 0 saturated heterocycles. The number of imidazole rings is 1. The van der Waals surface area contributed by atoms with Crippen molar-refractivity contribution in [3.05, 3.63) is 94.3 Å². The van der Waals surface area contributed by atoms with Crippen LogP contribution in [0.25, 0.3) is 11.0 Å². The monoisotopic (exact) mass is 361 g/mol. The number of aromatic amines is 2. The summed E-state index contributed by atoms with van der Waals surface area (Å²) in [7, 11) is 0. The van der Waals surface area contributed by atoms with Crippen LogP contribution in [0.3, 0.4) is 0 Å². The summed E-state index contributed by atoms with van der Waals surface area (Å²) in [5.74, 6) is 0.565. The van der Waals surface area contributed by atoms with Crippen LogP contribution in [0.2, 0.25) is 0 Å². The minimum atomic E-state index is -0.240. The van der Waals surface area contributed by atoms with Gasteiger partial charge in [0.15, 0.2) is 0 Å². The molecule has 1 amide bonds. The van der Waals surface area contributed by atoms with Gasteiger partial charge in [0, 0.05) is 13.0 Å². The minimum Gasteiger partial charge on any atom is -0.469 e. The number of rotatable bonds is 6. The first kappa shape index (κ1) is 16.9. The number of nitrogens with one attached hydrogen (secondary N) is 3. The van der Waals surface area contributed by atoms with E-state index in [1.807, 2.05) is 60.7 Å². The Morgan fingerprint density at radius 1 is 1.00 bits per heavy atom. The van der Waals surface area contributed by atoms with E-state index in [1.165, 1.54) is 0 Å². The second-order valence-corrected chi connectivity index (χ2v) is 6.42. The van der Waals surface area contributed by atoms with Gasteiger partial charge in [-0.3, -0.25) is 4.79 Å². The second kappa shape index (κ2) is 7.37. The summed E-state index contributed by atoms with van der Waals surface area (Å²) in [5.41, 5.74) is 3.19. The van der Waals surface area contributed by atoms with Gasteiger partial charge >= 0.3 is 5.69 Å². The Bertz CT molecular complexity index is 1090. The molecule has 3 N–H and O–H groups in total. The number of hydrogen-bond acceptors (Lipinski definition) is 3. The molecular formula is C21H19N3O3. The average Bonchev–Trinajstić information content (AvgIpc) is 3.33. The summed E-state index contributed by atoms with van der Waals surface area (Å²) in [6.45, 7) is 0.391. The fraction of sp³-hybridized carbons (Fsp3) is 0.143. The molecule has 136 valence electrons. The van der Waals surface area contributed by atoms with E-state index in [4.69, 9.17) is 4.42 Å². The minimum absolute atomic E-state index is 0.0667. The lowest BCUT2D eigenvalue weighted by Crippen LogP contribution is -2.24. The highest BCUT2D eigenvalue weighted by atomic mass is 16.3. The van der Waals surface area contributed by atoms with Crippen molar-refractivity contribution in [1.29, 1.82) is 0 Å². The Balaban J connectivity index is 1.45. The van der Waals surface area contributed by atoms with Crippen LogP contribution in [0, 0.1) is 0 Å². The van der Waals surface area contributed by atoms with E-state index >= 15 is 0 Å². The van der Waals surface area contributed by atoms with Crippen molar-refractivity contribution in [2.45, 2.75) is 18.9 Å². The summed E-state index contributed by atoms with van der Waals surface area (Å²) < 4.78 is 5.55. The smallest absolute Gasteiger partial charge is 0.323 e. The zero-order valence-corrected chi connectivity index (χ0v) is 14.6. The van der Waals surface area contributed by atoms with Gasteiger partial charge in [-0.2, -0.15) is 0 Å². The molecule has 0 fully saturated rings. The van der Waals surface area contributed by atoms with Crippen LogP contribution in [0.4, 0.5) is 0 Å². The van der Waals surface area contributed by atoms with Crippen LogP contribution in [0.1, 0.15) is 29.2 Å². The van der Waals surface area contributed by atoms with Crippen LogP contribution in [-0.4, -0.2) is 15.9 Å². The highest BCUT2D eigenvalue weighted by molar-refractivity contribution is 5.78. The van der Waals surface area contributed by atoms with Crippen molar-refractivity contribution in [1.82, 2.24) is 15.3 Å². The van der Waals surface area contributed by atoms with E-state index in [9.17, 15) is 9.59 Å². The number of fused-ring (bicyclic) bond motifs is 1. The predicted molar refractivity (Wildman–Crippen MR) is 102 cm³/mol. The molecule has 6 nitrogen and oxygen atoms in total. The van der Waals surface area contributed by atoms with Crippen LogP contribution >= 0.6 is 0 Å². The van der Waals surface area contributed by atoms with Crippen LogP contribution in [-0.2, 0) is 11.3 Å². The third-order valence-electron chi connectivity index (χ3n) is 4.55. The first-order valence-electron chi connectivity index (χ1n) is 8.75. The third kappa shape index (κ3) is 3.84. The molecule has 27 heavy (non-hydrogen) atoms. The molecule has 0 radical (unpaired) electrons. The molecule has 2 aromatic carbocycles. The van der Waals surface area contributed by atoms with Gasteiger partial charge in [0.05, 0.1) is 23.2 Å². The summed E-state index contributed by atoms with van der Waals surface area (Å²) >= 11 is 0. The van der Waals surface area contributed by atoms with E-state index in [0.29, 0.717) is 13.0 Å². The predicted octanol–water partition coefficient (Wildman–Crippen LogP) is 3.29. The molecule has 2 aromatic heterocycles. The molecule has 4 rings (SSSR count). The molecule has 4 aromatic rings. The second-order valence-electron chi connectivity index (χ2n) is 6.42. The fourth-order valence-corrected chi connectivity index (χ4v) is 3.21. The molecule has 0 unspecified atom stereocenters. The Labute approximate surface area is 155 Å². The number of furan rings is 1. The van der Waals surface area contributed by atoms with E-state index in [0.717, 1.165) is 27.9 Å². The number of aromatic nitrogens is 2. The van der Waals surface area contributed by atoms with Crippen molar-refractivity contribution in [2.24, 2.45) is 0 Å². The first-order valence-corrected chi connectivity index (χ1v) is 8.75. The van der Waals surface area contributed by atoms with Gasteiger partial charge in [0.2, 0.25) is 5.91 Å². The maximum absolute atomic E-state index is 12.5. The topological polar surface area (TPSA) is 90.9 Å². The molecule has 1 atom stereocenters. The molecule has 0 saturated carbocycles. The van der Waals surface area contributed by atoms with E-state index in [2.05, 4.69) is 15.3 Å². The molecule has 0 aliphatic heterocycles. The summed E-state index contributed by atoms with van der Waals surface area (Å²) in [5, 5.41) is 2.95. The zero-order chi connectivity index (χ0) is 18.6. The highest BCUT2D eigenvalue weighted by Crippen LogP contribution is 2.28. The van der Waals surface area contributed by atoms with Crippen LogP contribution in [0.5, 0.6) is 0 Å². The van der Waals surface area contributed by atoms with Crippen LogP contribution in [0.15, 0.2) is 76.1 Å². The third-order valence-corrected chi connectivity index (χ3v) is 4.55. The number of amides is 1. The van der Waals surface area contributed by atoms with E-state index < -0.39 is 0 Å². The van der Waals surface area contributed by atoms with E-state index in [1.54, 1.807) is 6.26 Å². The van der Waals surface area contributed by atoms with Crippen molar-refractivity contribution in [3.63, 3.8) is 0 Å².